The summed E-state index contributed by atoms with van der Waals surface area (Å²) in [6.07, 6.45) is 0.581. The number of carbonyl (C=O) groups is 2. The highest BCUT2D eigenvalue weighted by Gasteiger charge is 2.39. The fourth-order valence-corrected chi connectivity index (χ4v) is 3.72. The molecule has 150 valence electrons. The number of amides is 1. The normalized spacial score (nSPS) is 17.2. The standard InChI is InChI=1S/C21H20ClN3O4/c1-13(26)28-9-10-29-18-8-7-16-15(19(18)22)12-25-17(20(27)24-21(25)23-16)11-14-5-3-2-4-6-14/h2-8,17H,9-12H2,1H3,(H,23,24,27). The Morgan fingerprint density at radius 2 is 2.03 bits per heavy atom. The number of ether oxygens (including phenoxy) is 2. The van der Waals surface area contributed by atoms with Crippen LogP contribution in [0.4, 0.5) is 5.69 Å². The van der Waals surface area contributed by atoms with E-state index in [2.05, 4.69) is 10.3 Å². The molecule has 0 aromatic heterocycles. The van der Waals surface area contributed by atoms with E-state index in [0.29, 0.717) is 35.4 Å². The van der Waals surface area contributed by atoms with Crippen LogP contribution in [0.1, 0.15) is 18.1 Å². The van der Waals surface area contributed by atoms with Crippen molar-refractivity contribution in [3.63, 3.8) is 0 Å². The smallest absolute Gasteiger partial charge is 0.302 e. The number of nitrogens with zero attached hydrogens (tertiary/aromatic N) is 2. The maximum absolute atomic E-state index is 12.5. The molecule has 0 aliphatic carbocycles. The number of carbonyl (C=O) groups excluding carboxylic acids is 2. The number of hydrogen-bond acceptors (Lipinski definition) is 6. The minimum atomic E-state index is -0.359. The predicted molar refractivity (Wildman–Crippen MR) is 108 cm³/mol. The van der Waals surface area contributed by atoms with E-state index in [9.17, 15) is 9.59 Å². The monoisotopic (exact) mass is 413 g/mol. The molecule has 0 radical (unpaired) electrons. The van der Waals surface area contributed by atoms with Crippen LogP contribution in [0.25, 0.3) is 0 Å². The number of fused-ring (bicyclic) bond motifs is 2. The van der Waals surface area contributed by atoms with E-state index >= 15 is 0 Å². The zero-order valence-electron chi connectivity index (χ0n) is 15.9. The first-order valence-corrected chi connectivity index (χ1v) is 9.68. The van der Waals surface area contributed by atoms with Crippen LogP contribution in [-0.4, -0.2) is 42.0 Å². The van der Waals surface area contributed by atoms with Gasteiger partial charge in [0.1, 0.15) is 25.0 Å². The van der Waals surface area contributed by atoms with E-state index < -0.39 is 0 Å². The van der Waals surface area contributed by atoms with Crippen molar-refractivity contribution in [1.29, 1.82) is 0 Å². The Bertz CT molecular complexity index is 977. The molecule has 1 amide bonds. The van der Waals surface area contributed by atoms with E-state index in [1.165, 1.54) is 6.92 Å². The van der Waals surface area contributed by atoms with Crippen LogP contribution in [0, 0.1) is 0 Å². The minimum absolute atomic E-state index is 0.0746. The third-order valence-corrected chi connectivity index (χ3v) is 5.26. The van der Waals surface area contributed by atoms with Crippen molar-refractivity contribution in [2.45, 2.75) is 25.9 Å². The molecular weight excluding hydrogens is 394 g/mol. The van der Waals surface area contributed by atoms with Crippen LogP contribution in [0.3, 0.4) is 0 Å². The van der Waals surface area contributed by atoms with Gasteiger partial charge in [0, 0.05) is 18.9 Å². The van der Waals surface area contributed by atoms with Crippen molar-refractivity contribution in [2.75, 3.05) is 13.2 Å². The molecule has 2 aliphatic heterocycles. The first kappa shape index (κ1) is 19.3. The zero-order valence-corrected chi connectivity index (χ0v) is 16.6. The lowest BCUT2D eigenvalue weighted by atomic mass is 10.0. The molecular formula is C21H20ClN3O4. The summed E-state index contributed by atoms with van der Waals surface area (Å²) >= 11 is 6.57. The summed E-state index contributed by atoms with van der Waals surface area (Å²) in [4.78, 5) is 29.9. The van der Waals surface area contributed by atoms with E-state index in [1.807, 2.05) is 41.3 Å². The van der Waals surface area contributed by atoms with Gasteiger partial charge in [-0.15, -0.1) is 0 Å². The third-order valence-electron chi connectivity index (χ3n) is 4.84. The Balaban J connectivity index is 1.52. The molecule has 2 aromatic rings. The van der Waals surface area contributed by atoms with Gasteiger partial charge >= 0.3 is 5.97 Å². The number of halogens is 1. The molecule has 2 aromatic carbocycles. The van der Waals surface area contributed by atoms with Gasteiger partial charge in [-0.25, -0.2) is 4.99 Å². The lowest BCUT2D eigenvalue weighted by molar-refractivity contribution is -0.141. The molecule has 0 bridgehead atoms. The fraction of sp³-hybridized carbons (Fsp3) is 0.286. The maximum atomic E-state index is 12.5. The van der Waals surface area contributed by atoms with Gasteiger partial charge in [0.25, 0.3) is 0 Å². The van der Waals surface area contributed by atoms with Crippen molar-refractivity contribution >= 4 is 35.1 Å². The number of guanidine groups is 1. The summed E-state index contributed by atoms with van der Waals surface area (Å²) in [5, 5.41) is 3.32. The first-order valence-electron chi connectivity index (χ1n) is 9.30. The fourth-order valence-electron chi connectivity index (χ4n) is 3.45. The largest absolute Gasteiger partial charge is 0.488 e. The van der Waals surface area contributed by atoms with E-state index in [0.717, 1.165) is 11.1 Å². The topological polar surface area (TPSA) is 80.2 Å². The second-order valence-corrected chi connectivity index (χ2v) is 7.20. The first-order chi connectivity index (χ1) is 14.0. The van der Waals surface area contributed by atoms with Gasteiger partial charge < -0.3 is 14.4 Å². The molecule has 0 saturated carbocycles. The number of rotatable bonds is 6. The van der Waals surface area contributed by atoms with Gasteiger partial charge in [0.2, 0.25) is 11.9 Å². The molecule has 0 spiro atoms. The van der Waals surface area contributed by atoms with E-state index in [4.69, 9.17) is 21.1 Å². The summed E-state index contributed by atoms with van der Waals surface area (Å²) in [5.41, 5.74) is 2.58. The quantitative estimate of drug-likeness (QED) is 0.581. The summed E-state index contributed by atoms with van der Waals surface area (Å²) in [7, 11) is 0. The van der Waals surface area contributed by atoms with Crippen molar-refractivity contribution < 1.29 is 19.1 Å². The molecule has 1 atom stereocenters. The zero-order chi connectivity index (χ0) is 20.4. The van der Waals surface area contributed by atoms with Gasteiger partial charge in [-0.05, 0) is 17.7 Å². The van der Waals surface area contributed by atoms with Crippen LogP contribution in [-0.2, 0) is 27.3 Å². The maximum Gasteiger partial charge on any atom is 0.302 e. The highest BCUT2D eigenvalue weighted by molar-refractivity contribution is 6.33. The Hall–Kier alpha value is -3.06. The summed E-state index contributed by atoms with van der Waals surface area (Å²) in [6, 6.07) is 13.1. The molecule has 4 rings (SSSR count). The average molecular weight is 414 g/mol. The van der Waals surface area contributed by atoms with E-state index in [1.54, 1.807) is 6.07 Å². The van der Waals surface area contributed by atoms with Gasteiger partial charge in [-0.1, -0.05) is 41.9 Å². The highest BCUT2D eigenvalue weighted by Crippen LogP contribution is 2.39. The Kier molecular flexibility index (Phi) is 5.40. The Labute approximate surface area is 173 Å². The van der Waals surface area contributed by atoms with Crippen LogP contribution in [0.2, 0.25) is 5.02 Å². The van der Waals surface area contributed by atoms with Crippen LogP contribution < -0.4 is 10.1 Å². The SMILES string of the molecule is CC(=O)OCCOc1ccc2c(c1Cl)CN1C(=N2)NC(=O)C1Cc1ccccc1. The minimum Gasteiger partial charge on any atom is -0.488 e. The second kappa shape index (κ2) is 8.13. The summed E-state index contributed by atoms with van der Waals surface area (Å²) < 4.78 is 10.5. The average Bonchev–Trinajstić information content (AvgIpc) is 3.00. The van der Waals surface area contributed by atoms with Gasteiger partial charge in [0.05, 0.1) is 17.3 Å². The number of benzene rings is 2. The number of hydrogen-bond donors (Lipinski definition) is 1. The molecule has 8 heteroatoms. The summed E-state index contributed by atoms with van der Waals surface area (Å²) in [6.45, 7) is 2.14. The molecule has 7 nitrogen and oxygen atoms in total. The molecule has 1 fully saturated rings. The molecule has 1 saturated heterocycles. The molecule has 1 unspecified atom stereocenters. The van der Waals surface area contributed by atoms with Crippen LogP contribution >= 0.6 is 11.6 Å². The number of nitrogens with one attached hydrogen (secondary N) is 1. The van der Waals surface area contributed by atoms with Gasteiger partial charge in [-0.3, -0.25) is 14.9 Å². The predicted octanol–water partition coefficient (Wildman–Crippen LogP) is 2.83. The summed E-state index contributed by atoms with van der Waals surface area (Å²) in [5.74, 6) is 0.606. The van der Waals surface area contributed by atoms with Crippen molar-refractivity contribution in [3.8, 4) is 5.75 Å². The van der Waals surface area contributed by atoms with Crippen LogP contribution in [0.5, 0.6) is 5.75 Å². The van der Waals surface area contributed by atoms with E-state index in [-0.39, 0.29) is 31.1 Å². The molecule has 2 heterocycles. The van der Waals surface area contributed by atoms with Crippen molar-refractivity contribution in [1.82, 2.24) is 10.2 Å². The third kappa shape index (κ3) is 4.05. The van der Waals surface area contributed by atoms with Crippen LogP contribution in [0.15, 0.2) is 47.5 Å². The number of aliphatic imine (C=N–C) groups is 1. The van der Waals surface area contributed by atoms with Gasteiger partial charge in [-0.2, -0.15) is 0 Å². The second-order valence-electron chi connectivity index (χ2n) is 6.82. The highest BCUT2D eigenvalue weighted by atomic mass is 35.5. The molecule has 1 N–H and O–H groups in total. The lowest BCUT2D eigenvalue weighted by Crippen LogP contribution is -2.38. The Morgan fingerprint density at radius 3 is 2.79 bits per heavy atom. The lowest BCUT2D eigenvalue weighted by Gasteiger charge is -2.29. The number of esters is 1. The molecule has 29 heavy (non-hydrogen) atoms. The van der Waals surface area contributed by atoms with Crippen molar-refractivity contribution in [2.24, 2.45) is 4.99 Å². The van der Waals surface area contributed by atoms with Gasteiger partial charge in [0.15, 0.2) is 0 Å². The Morgan fingerprint density at radius 1 is 1.24 bits per heavy atom. The molecule has 2 aliphatic rings. The van der Waals surface area contributed by atoms with Crippen molar-refractivity contribution in [3.05, 3.63) is 58.6 Å².